The third-order valence-electron chi connectivity index (χ3n) is 4.92. The van der Waals surface area contributed by atoms with E-state index in [2.05, 4.69) is 29.0 Å². The summed E-state index contributed by atoms with van der Waals surface area (Å²) in [6, 6.07) is 8.22. The molecule has 8 heteroatoms. The van der Waals surface area contributed by atoms with E-state index in [0.717, 1.165) is 71.8 Å². The van der Waals surface area contributed by atoms with Gasteiger partial charge in [-0.25, -0.2) is 9.97 Å². The van der Waals surface area contributed by atoms with Gasteiger partial charge in [0.05, 0.1) is 31.5 Å². The second-order valence-corrected chi connectivity index (χ2v) is 8.39. The van der Waals surface area contributed by atoms with E-state index in [1.807, 2.05) is 29.6 Å². The molecule has 0 unspecified atom stereocenters. The Morgan fingerprint density at radius 3 is 2.77 bits per heavy atom. The van der Waals surface area contributed by atoms with E-state index in [4.69, 9.17) is 19.2 Å². The van der Waals surface area contributed by atoms with Gasteiger partial charge in [0.25, 0.3) is 0 Å². The Morgan fingerprint density at radius 1 is 1.17 bits per heavy atom. The summed E-state index contributed by atoms with van der Waals surface area (Å²) in [7, 11) is 1.68. The zero-order valence-corrected chi connectivity index (χ0v) is 18.5. The van der Waals surface area contributed by atoms with Crippen molar-refractivity contribution in [1.82, 2.24) is 14.9 Å². The van der Waals surface area contributed by atoms with Crippen molar-refractivity contribution >= 4 is 27.4 Å². The highest BCUT2D eigenvalue weighted by molar-refractivity contribution is 7.14. The number of ether oxygens (including phenoxy) is 3. The molecule has 1 fully saturated rings. The first-order chi connectivity index (χ1) is 14.6. The van der Waals surface area contributed by atoms with E-state index >= 15 is 0 Å². The molecule has 3 heterocycles. The molecule has 0 saturated carbocycles. The molecule has 0 atom stereocenters. The van der Waals surface area contributed by atoms with Gasteiger partial charge in [0.15, 0.2) is 5.13 Å². The zero-order chi connectivity index (χ0) is 20.9. The molecule has 0 amide bonds. The molecular weight excluding hydrogens is 400 g/mol. The number of aromatic nitrogens is 2. The smallest absolute Gasteiger partial charge is 0.183 e. The highest BCUT2D eigenvalue weighted by atomic mass is 32.1. The van der Waals surface area contributed by atoms with Crippen LogP contribution >= 0.6 is 11.3 Å². The minimum Gasteiger partial charge on any atom is -0.496 e. The molecule has 0 radical (unpaired) electrons. The van der Waals surface area contributed by atoms with Crippen LogP contribution in [0.15, 0.2) is 29.6 Å². The predicted molar refractivity (Wildman–Crippen MR) is 121 cm³/mol. The van der Waals surface area contributed by atoms with Crippen molar-refractivity contribution in [3.63, 3.8) is 0 Å². The Morgan fingerprint density at radius 2 is 2.00 bits per heavy atom. The predicted octanol–water partition coefficient (Wildman–Crippen LogP) is 3.90. The third-order valence-corrected chi connectivity index (χ3v) is 5.70. The van der Waals surface area contributed by atoms with Crippen molar-refractivity contribution in [2.24, 2.45) is 0 Å². The summed E-state index contributed by atoms with van der Waals surface area (Å²) in [6.07, 6.45) is 0. The van der Waals surface area contributed by atoms with Gasteiger partial charge in [-0.1, -0.05) is 0 Å². The van der Waals surface area contributed by atoms with Crippen LogP contribution in [0, 0.1) is 0 Å². The van der Waals surface area contributed by atoms with Gasteiger partial charge >= 0.3 is 0 Å². The summed E-state index contributed by atoms with van der Waals surface area (Å²) < 4.78 is 17.0. The number of rotatable bonds is 8. The molecule has 0 spiro atoms. The molecule has 1 aromatic carbocycles. The maximum Gasteiger partial charge on any atom is 0.183 e. The standard InChI is InChI=1S/C22H28N4O3S/c1-15(2)23-22-25-20(14-30-22)19-13-21(27-3)17-5-4-16(12-18(17)24-19)29-11-8-26-6-9-28-10-7-26/h4-5,12-15H,6-11H2,1-3H3,(H,23,25). The number of methoxy groups -OCH3 is 1. The highest BCUT2D eigenvalue weighted by Crippen LogP contribution is 2.33. The zero-order valence-electron chi connectivity index (χ0n) is 17.7. The largest absolute Gasteiger partial charge is 0.496 e. The van der Waals surface area contributed by atoms with Crippen molar-refractivity contribution in [2.45, 2.75) is 19.9 Å². The van der Waals surface area contributed by atoms with Crippen LogP contribution in [0.4, 0.5) is 5.13 Å². The minimum atomic E-state index is 0.334. The lowest BCUT2D eigenvalue weighted by molar-refractivity contribution is 0.0322. The summed E-state index contributed by atoms with van der Waals surface area (Å²) in [4.78, 5) is 11.9. The number of anilines is 1. The van der Waals surface area contributed by atoms with Gasteiger partial charge in [0.2, 0.25) is 0 Å². The second-order valence-electron chi connectivity index (χ2n) is 7.53. The van der Waals surface area contributed by atoms with Crippen LogP contribution in [0.1, 0.15) is 13.8 Å². The summed E-state index contributed by atoms with van der Waals surface area (Å²) in [5, 5.41) is 7.20. The molecule has 7 nitrogen and oxygen atoms in total. The molecule has 0 bridgehead atoms. The van der Waals surface area contributed by atoms with Crippen molar-refractivity contribution in [2.75, 3.05) is 51.9 Å². The van der Waals surface area contributed by atoms with E-state index < -0.39 is 0 Å². The molecule has 1 saturated heterocycles. The van der Waals surface area contributed by atoms with Crippen LogP contribution in [0.2, 0.25) is 0 Å². The summed E-state index contributed by atoms with van der Waals surface area (Å²) in [5.74, 6) is 1.59. The molecule has 30 heavy (non-hydrogen) atoms. The average Bonchev–Trinajstić information content (AvgIpc) is 3.21. The molecule has 1 aliphatic heterocycles. The van der Waals surface area contributed by atoms with Gasteiger partial charge < -0.3 is 19.5 Å². The SMILES string of the molecule is COc1cc(-c2csc(NC(C)C)n2)nc2cc(OCCN3CCOCC3)ccc12. The Balaban J connectivity index is 1.53. The molecule has 3 aromatic rings. The van der Waals surface area contributed by atoms with Crippen LogP contribution in [-0.4, -0.2) is 67.5 Å². The number of hydrogen-bond acceptors (Lipinski definition) is 8. The average molecular weight is 429 g/mol. The quantitative estimate of drug-likeness (QED) is 0.584. The van der Waals surface area contributed by atoms with Crippen LogP contribution in [0.3, 0.4) is 0 Å². The molecule has 1 aliphatic rings. The summed E-state index contributed by atoms with van der Waals surface area (Å²) >= 11 is 1.58. The normalized spacial score (nSPS) is 14.9. The number of fused-ring (bicyclic) bond motifs is 1. The van der Waals surface area contributed by atoms with Gasteiger partial charge in [-0.3, -0.25) is 4.90 Å². The maximum absolute atomic E-state index is 6.00. The fraction of sp³-hybridized carbons (Fsp3) is 0.455. The van der Waals surface area contributed by atoms with Gasteiger partial charge in [0.1, 0.15) is 23.8 Å². The first kappa shape index (κ1) is 20.8. The Labute approximate surface area is 181 Å². The van der Waals surface area contributed by atoms with Crippen molar-refractivity contribution in [3.05, 3.63) is 29.6 Å². The fourth-order valence-electron chi connectivity index (χ4n) is 3.39. The molecule has 160 valence electrons. The van der Waals surface area contributed by atoms with Crippen molar-refractivity contribution in [3.8, 4) is 22.9 Å². The number of pyridine rings is 1. The van der Waals surface area contributed by atoms with Crippen LogP contribution in [-0.2, 0) is 4.74 Å². The number of hydrogen-bond donors (Lipinski definition) is 1. The minimum absolute atomic E-state index is 0.334. The Kier molecular flexibility index (Phi) is 6.66. The molecular formula is C22H28N4O3S. The van der Waals surface area contributed by atoms with E-state index in [0.29, 0.717) is 12.6 Å². The van der Waals surface area contributed by atoms with Crippen LogP contribution in [0.5, 0.6) is 11.5 Å². The lowest BCUT2D eigenvalue weighted by Gasteiger charge is -2.26. The first-order valence-electron chi connectivity index (χ1n) is 10.3. The van der Waals surface area contributed by atoms with Crippen LogP contribution in [0.25, 0.3) is 22.3 Å². The number of thiazole rings is 1. The lowest BCUT2D eigenvalue weighted by atomic mass is 10.1. The Bertz CT molecular complexity index is 986. The van der Waals surface area contributed by atoms with Gasteiger partial charge in [-0.05, 0) is 26.0 Å². The van der Waals surface area contributed by atoms with Gasteiger partial charge in [-0.2, -0.15) is 0 Å². The van der Waals surface area contributed by atoms with Gasteiger partial charge in [-0.15, -0.1) is 11.3 Å². The summed E-state index contributed by atoms with van der Waals surface area (Å²) in [5.41, 5.74) is 2.46. The van der Waals surface area contributed by atoms with E-state index in [1.54, 1.807) is 18.4 Å². The molecule has 4 rings (SSSR count). The third kappa shape index (κ3) is 5.00. The van der Waals surface area contributed by atoms with E-state index in [-0.39, 0.29) is 0 Å². The van der Waals surface area contributed by atoms with Crippen molar-refractivity contribution in [1.29, 1.82) is 0 Å². The Hall–Kier alpha value is -2.42. The molecule has 1 N–H and O–H groups in total. The van der Waals surface area contributed by atoms with E-state index in [9.17, 15) is 0 Å². The maximum atomic E-state index is 6.00. The fourth-order valence-corrected chi connectivity index (χ4v) is 4.24. The van der Waals surface area contributed by atoms with Gasteiger partial charge in [0, 0.05) is 48.6 Å². The molecule has 2 aromatic heterocycles. The second kappa shape index (κ2) is 9.59. The number of nitrogens with zero attached hydrogens (tertiary/aromatic N) is 3. The van der Waals surface area contributed by atoms with Crippen LogP contribution < -0.4 is 14.8 Å². The monoisotopic (exact) mass is 428 g/mol. The number of morpholine rings is 1. The highest BCUT2D eigenvalue weighted by Gasteiger charge is 2.13. The molecule has 0 aliphatic carbocycles. The first-order valence-corrected chi connectivity index (χ1v) is 11.1. The van der Waals surface area contributed by atoms with E-state index in [1.165, 1.54) is 0 Å². The lowest BCUT2D eigenvalue weighted by Crippen LogP contribution is -2.38. The number of nitrogens with one attached hydrogen (secondary N) is 1. The number of benzene rings is 1. The topological polar surface area (TPSA) is 68.7 Å². The summed E-state index contributed by atoms with van der Waals surface area (Å²) in [6.45, 7) is 9.25. The van der Waals surface area contributed by atoms with Crippen molar-refractivity contribution < 1.29 is 14.2 Å².